The number of carbonyl (C=O) groups excluding carboxylic acids is 1. The van der Waals surface area contributed by atoms with Crippen LogP contribution in [-0.4, -0.2) is 22.5 Å². The van der Waals surface area contributed by atoms with Crippen LogP contribution < -0.4 is 4.90 Å². The first kappa shape index (κ1) is 25.2. The number of nitrogens with zero attached hydrogens (tertiary/aromatic N) is 1. The molecule has 0 aliphatic rings. The second kappa shape index (κ2) is 10.5. The van der Waals surface area contributed by atoms with E-state index >= 15 is 0 Å². The summed E-state index contributed by atoms with van der Waals surface area (Å²) < 4.78 is 0. The maximum absolute atomic E-state index is 13.3. The molecule has 5 aromatic rings. The van der Waals surface area contributed by atoms with Crippen LogP contribution in [0.5, 0.6) is 0 Å². The standard InChI is InChI=1S/C34H31NO3/c1-24(36)35(30-18-4-3-5-19-30)34(2,33(37)38)29(22-27-16-10-14-25-12-6-8-20-31(25)27)23-28-17-11-15-26-13-7-9-21-32(26)28/h3-21,29H,22-23H2,1-2H3,(H,37,38)/t34-/m0/s1. The number of benzene rings is 5. The Morgan fingerprint density at radius 2 is 1.13 bits per heavy atom. The number of fused-ring (bicyclic) bond motifs is 2. The average molecular weight is 502 g/mol. The normalized spacial score (nSPS) is 12.9. The van der Waals surface area contributed by atoms with Crippen LogP contribution in [0.25, 0.3) is 21.5 Å². The molecule has 0 heterocycles. The molecule has 5 rings (SSSR count). The van der Waals surface area contributed by atoms with Gasteiger partial charge in [-0.1, -0.05) is 103 Å². The molecule has 1 amide bonds. The van der Waals surface area contributed by atoms with Crippen molar-refractivity contribution in [3.8, 4) is 0 Å². The van der Waals surface area contributed by atoms with Gasteiger partial charge in [0.15, 0.2) is 0 Å². The van der Waals surface area contributed by atoms with Crippen molar-refractivity contribution in [2.24, 2.45) is 5.92 Å². The number of hydrogen-bond acceptors (Lipinski definition) is 2. The third-order valence-electron chi connectivity index (χ3n) is 7.71. The molecule has 4 heteroatoms. The summed E-state index contributed by atoms with van der Waals surface area (Å²) in [5.74, 6) is -1.76. The molecule has 0 bridgehead atoms. The molecule has 190 valence electrons. The fourth-order valence-corrected chi connectivity index (χ4v) is 5.75. The lowest BCUT2D eigenvalue weighted by molar-refractivity contribution is -0.146. The number of carboxylic acid groups (broad SMARTS) is 1. The molecule has 0 saturated heterocycles. The number of hydrogen-bond donors (Lipinski definition) is 1. The molecule has 0 unspecified atom stereocenters. The Bertz CT molecular complexity index is 1520. The maximum atomic E-state index is 13.3. The molecular formula is C34H31NO3. The van der Waals surface area contributed by atoms with Gasteiger partial charge < -0.3 is 5.11 Å². The van der Waals surface area contributed by atoms with Gasteiger partial charge in [0.1, 0.15) is 5.54 Å². The van der Waals surface area contributed by atoms with Crippen molar-refractivity contribution in [2.75, 3.05) is 4.90 Å². The Labute approximate surface area is 223 Å². The third-order valence-corrected chi connectivity index (χ3v) is 7.71. The summed E-state index contributed by atoms with van der Waals surface area (Å²) in [5.41, 5.74) is 1.20. The average Bonchev–Trinajstić information content (AvgIpc) is 2.93. The lowest BCUT2D eigenvalue weighted by Gasteiger charge is -2.43. The first-order chi connectivity index (χ1) is 18.4. The smallest absolute Gasteiger partial charge is 0.330 e. The number of rotatable bonds is 8. The monoisotopic (exact) mass is 501 g/mol. The Morgan fingerprint density at radius 3 is 1.61 bits per heavy atom. The van der Waals surface area contributed by atoms with E-state index in [-0.39, 0.29) is 5.91 Å². The fourth-order valence-electron chi connectivity index (χ4n) is 5.75. The fraction of sp³-hybridized carbons (Fsp3) is 0.176. The molecular weight excluding hydrogens is 470 g/mol. The van der Waals surface area contributed by atoms with E-state index in [9.17, 15) is 14.7 Å². The minimum Gasteiger partial charge on any atom is -0.479 e. The van der Waals surface area contributed by atoms with E-state index in [4.69, 9.17) is 0 Å². The number of para-hydroxylation sites is 1. The minimum absolute atomic E-state index is 0.304. The van der Waals surface area contributed by atoms with Crippen molar-refractivity contribution in [3.63, 3.8) is 0 Å². The van der Waals surface area contributed by atoms with Crippen molar-refractivity contribution in [3.05, 3.63) is 126 Å². The molecule has 0 aromatic heterocycles. The van der Waals surface area contributed by atoms with Crippen molar-refractivity contribution < 1.29 is 14.7 Å². The molecule has 5 aromatic carbocycles. The van der Waals surface area contributed by atoms with E-state index in [1.165, 1.54) is 11.8 Å². The number of carbonyl (C=O) groups is 2. The lowest BCUT2D eigenvalue weighted by Crippen LogP contribution is -2.60. The Hall–Kier alpha value is -4.44. The highest BCUT2D eigenvalue weighted by Crippen LogP contribution is 2.37. The van der Waals surface area contributed by atoms with Crippen LogP contribution >= 0.6 is 0 Å². The van der Waals surface area contributed by atoms with Gasteiger partial charge in [-0.2, -0.15) is 0 Å². The number of aliphatic carboxylic acids is 1. The Balaban J connectivity index is 1.70. The molecule has 38 heavy (non-hydrogen) atoms. The summed E-state index contributed by atoms with van der Waals surface area (Å²) in [6, 6.07) is 37.8. The summed E-state index contributed by atoms with van der Waals surface area (Å²) in [6.07, 6.45) is 0.980. The second-order valence-electron chi connectivity index (χ2n) is 10.0. The van der Waals surface area contributed by atoms with E-state index < -0.39 is 17.4 Å². The van der Waals surface area contributed by atoms with Crippen molar-refractivity contribution in [1.82, 2.24) is 0 Å². The summed E-state index contributed by atoms with van der Waals surface area (Å²) in [7, 11) is 0. The molecule has 0 saturated carbocycles. The largest absolute Gasteiger partial charge is 0.479 e. The summed E-state index contributed by atoms with van der Waals surface area (Å²) in [6.45, 7) is 3.14. The molecule has 1 atom stereocenters. The SMILES string of the molecule is CC(=O)N(c1ccccc1)[C@](C)(C(=O)O)C(Cc1cccc2ccccc12)Cc1cccc2ccccc12. The lowest BCUT2D eigenvalue weighted by atomic mass is 9.74. The maximum Gasteiger partial charge on any atom is 0.330 e. The van der Waals surface area contributed by atoms with Crippen molar-refractivity contribution >= 4 is 39.1 Å². The number of carboxylic acids is 1. The van der Waals surface area contributed by atoms with Crippen LogP contribution in [-0.2, 0) is 22.4 Å². The molecule has 1 N–H and O–H groups in total. The van der Waals surface area contributed by atoms with E-state index in [0.29, 0.717) is 18.5 Å². The van der Waals surface area contributed by atoms with E-state index in [1.54, 1.807) is 19.1 Å². The van der Waals surface area contributed by atoms with Gasteiger partial charge >= 0.3 is 5.97 Å². The summed E-state index contributed by atoms with van der Waals surface area (Å²) in [5, 5.41) is 15.3. The third kappa shape index (κ3) is 4.66. The molecule has 0 radical (unpaired) electrons. The molecule has 0 spiro atoms. The quantitative estimate of drug-likeness (QED) is 0.243. The predicted molar refractivity (Wildman–Crippen MR) is 154 cm³/mol. The van der Waals surface area contributed by atoms with E-state index in [0.717, 1.165) is 32.7 Å². The zero-order valence-corrected chi connectivity index (χ0v) is 21.7. The first-order valence-electron chi connectivity index (χ1n) is 12.9. The van der Waals surface area contributed by atoms with Crippen LogP contribution in [0.4, 0.5) is 5.69 Å². The van der Waals surface area contributed by atoms with Gasteiger partial charge in [-0.15, -0.1) is 0 Å². The Kier molecular flexibility index (Phi) is 6.97. The van der Waals surface area contributed by atoms with Gasteiger partial charge in [0, 0.05) is 18.5 Å². The van der Waals surface area contributed by atoms with Crippen LogP contribution in [0.1, 0.15) is 25.0 Å². The molecule has 0 fully saturated rings. The first-order valence-corrected chi connectivity index (χ1v) is 12.9. The predicted octanol–water partition coefficient (Wildman–Crippen LogP) is 7.29. The highest BCUT2D eigenvalue weighted by molar-refractivity contribution is 6.00. The zero-order valence-electron chi connectivity index (χ0n) is 21.7. The summed E-state index contributed by atoms with van der Waals surface area (Å²) in [4.78, 5) is 28.0. The van der Waals surface area contributed by atoms with Crippen LogP contribution in [0.2, 0.25) is 0 Å². The van der Waals surface area contributed by atoms with Gasteiger partial charge in [-0.05, 0) is 64.6 Å². The molecule has 0 aliphatic heterocycles. The van der Waals surface area contributed by atoms with E-state index in [1.807, 2.05) is 54.6 Å². The van der Waals surface area contributed by atoms with Gasteiger partial charge in [0.25, 0.3) is 0 Å². The topological polar surface area (TPSA) is 57.6 Å². The summed E-state index contributed by atoms with van der Waals surface area (Å²) >= 11 is 0. The number of anilines is 1. The van der Waals surface area contributed by atoms with Crippen molar-refractivity contribution in [1.29, 1.82) is 0 Å². The number of amides is 1. The highest BCUT2D eigenvalue weighted by Gasteiger charge is 2.48. The van der Waals surface area contributed by atoms with Crippen LogP contribution in [0.3, 0.4) is 0 Å². The molecule has 4 nitrogen and oxygen atoms in total. The van der Waals surface area contributed by atoms with Gasteiger partial charge in [0.05, 0.1) is 0 Å². The minimum atomic E-state index is -1.51. The van der Waals surface area contributed by atoms with Gasteiger partial charge in [-0.25, -0.2) is 4.79 Å². The van der Waals surface area contributed by atoms with Crippen LogP contribution in [0, 0.1) is 5.92 Å². The highest BCUT2D eigenvalue weighted by atomic mass is 16.4. The van der Waals surface area contributed by atoms with Crippen LogP contribution in [0.15, 0.2) is 115 Å². The van der Waals surface area contributed by atoms with Gasteiger partial charge in [0.2, 0.25) is 5.91 Å². The van der Waals surface area contributed by atoms with E-state index in [2.05, 4.69) is 48.5 Å². The second-order valence-corrected chi connectivity index (χ2v) is 10.0. The Morgan fingerprint density at radius 1 is 0.684 bits per heavy atom. The zero-order chi connectivity index (χ0) is 26.7. The molecule has 0 aliphatic carbocycles. The van der Waals surface area contributed by atoms with Gasteiger partial charge in [-0.3, -0.25) is 9.69 Å². The van der Waals surface area contributed by atoms with Crippen molar-refractivity contribution in [2.45, 2.75) is 32.2 Å².